The van der Waals surface area contributed by atoms with E-state index in [2.05, 4.69) is 11.8 Å². The minimum atomic E-state index is -0.380. The number of anilines is 1. The van der Waals surface area contributed by atoms with Crippen LogP contribution in [0, 0.1) is 6.92 Å². The van der Waals surface area contributed by atoms with Crippen LogP contribution in [0.1, 0.15) is 43.6 Å². The average molecular weight is 377 g/mol. The molecule has 6 heteroatoms. The van der Waals surface area contributed by atoms with Gasteiger partial charge in [0, 0.05) is 31.7 Å². The van der Waals surface area contributed by atoms with Gasteiger partial charge in [0.2, 0.25) is 0 Å². The van der Waals surface area contributed by atoms with Gasteiger partial charge in [-0.2, -0.15) is 0 Å². The number of nitrogens with zero attached hydrogens (tertiary/aromatic N) is 3. The number of rotatable bonds is 3. The third-order valence-electron chi connectivity index (χ3n) is 5.53. The molecule has 4 rings (SSSR count). The number of fused-ring (bicyclic) bond motifs is 1. The minimum absolute atomic E-state index is 0.0902. The number of hydrogen-bond donors (Lipinski definition) is 0. The second-order valence-corrected chi connectivity index (χ2v) is 7.27. The molecular weight excluding hydrogens is 354 g/mol. The van der Waals surface area contributed by atoms with Crippen LogP contribution in [0.15, 0.2) is 42.5 Å². The third-order valence-corrected chi connectivity index (χ3v) is 5.53. The fourth-order valence-corrected chi connectivity index (χ4v) is 3.75. The zero-order chi connectivity index (χ0) is 19.8. The van der Waals surface area contributed by atoms with Crippen molar-refractivity contribution in [3.05, 3.63) is 64.7 Å². The lowest BCUT2D eigenvalue weighted by Crippen LogP contribution is -2.48. The molecule has 2 aliphatic rings. The molecule has 2 aliphatic heterocycles. The van der Waals surface area contributed by atoms with Gasteiger partial charge in [-0.05, 0) is 43.8 Å². The van der Waals surface area contributed by atoms with Crippen LogP contribution in [0.3, 0.4) is 0 Å². The van der Waals surface area contributed by atoms with Gasteiger partial charge >= 0.3 is 0 Å². The van der Waals surface area contributed by atoms with E-state index in [1.807, 2.05) is 24.0 Å². The van der Waals surface area contributed by atoms with Gasteiger partial charge in [0.25, 0.3) is 17.7 Å². The Balaban J connectivity index is 1.59. The zero-order valence-corrected chi connectivity index (χ0v) is 16.1. The van der Waals surface area contributed by atoms with Crippen LogP contribution < -0.4 is 4.90 Å². The van der Waals surface area contributed by atoms with E-state index in [-0.39, 0.29) is 17.7 Å². The number of aryl methyl sites for hydroxylation is 1. The highest BCUT2D eigenvalue weighted by Gasteiger charge is 2.37. The first-order valence-electron chi connectivity index (χ1n) is 9.60. The van der Waals surface area contributed by atoms with Crippen LogP contribution in [0.5, 0.6) is 0 Å². The zero-order valence-electron chi connectivity index (χ0n) is 16.1. The molecule has 144 valence electrons. The van der Waals surface area contributed by atoms with Crippen molar-refractivity contribution in [3.63, 3.8) is 0 Å². The van der Waals surface area contributed by atoms with Crippen molar-refractivity contribution in [1.29, 1.82) is 0 Å². The van der Waals surface area contributed by atoms with Crippen molar-refractivity contribution in [2.75, 3.05) is 37.6 Å². The van der Waals surface area contributed by atoms with Crippen molar-refractivity contribution in [3.8, 4) is 0 Å². The number of carbonyl (C=O) groups excluding carboxylic acids is 3. The van der Waals surface area contributed by atoms with E-state index in [4.69, 9.17) is 0 Å². The van der Waals surface area contributed by atoms with E-state index in [1.54, 1.807) is 30.3 Å². The Morgan fingerprint density at radius 1 is 0.893 bits per heavy atom. The summed E-state index contributed by atoms with van der Waals surface area (Å²) in [6.07, 6.45) is 0. The first kappa shape index (κ1) is 18.4. The van der Waals surface area contributed by atoms with Crippen LogP contribution in [0.2, 0.25) is 0 Å². The highest BCUT2D eigenvalue weighted by atomic mass is 16.2. The average Bonchev–Trinajstić information content (AvgIpc) is 2.98. The Bertz CT molecular complexity index is 944. The quantitative estimate of drug-likeness (QED) is 0.772. The highest BCUT2D eigenvalue weighted by Crippen LogP contribution is 2.29. The van der Waals surface area contributed by atoms with Gasteiger partial charge in [0.15, 0.2) is 0 Å². The second-order valence-electron chi connectivity index (χ2n) is 7.27. The monoisotopic (exact) mass is 377 g/mol. The van der Waals surface area contributed by atoms with Crippen molar-refractivity contribution >= 4 is 23.4 Å². The fraction of sp³-hybridized carbons (Fsp3) is 0.318. The standard InChI is InChI=1S/C22H23N3O3/c1-3-23-10-12-24(13-11-23)20(26)16-6-9-18-19(14-16)22(28)25(21(18)27)17-7-4-15(2)5-8-17/h4-9,14H,3,10-13H2,1-2H3. The van der Waals surface area contributed by atoms with Gasteiger partial charge in [-0.15, -0.1) is 0 Å². The third kappa shape index (κ3) is 3.10. The van der Waals surface area contributed by atoms with Gasteiger partial charge in [-0.1, -0.05) is 24.6 Å². The Labute approximate surface area is 164 Å². The number of piperazine rings is 1. The highest BCUT2D eigenvalue weighted by molar-refractivity contribution is 6.34. The predicted molar refractivity (Wildman–Crippen MR) is 107 cm³/mol. The van der Waals surface area contributed by atoms with E-state index < -0.39 is 0 Å². The van der Waals surface area contributed by atoms with Crippen LogP contribution in [0.25, 0.3) is 0 Å². The molecular formula is C22H23N3O3. The van der Waals surface area contributed by atoms with Gasteiger partial charge in [0.1, 0.15) is 0 Å². The lowest BCUT2D eigenvalue weighted by Gasteiger charge is -2.34. The summed E-state index contributed by atoms with van der Waals surface area (Å²) in [5.74, 6) is -0.818. The number of amides is 3. The minimum Gasteiger partial charge on any atom is -0.336 e. The predicted octanol–water partition coefficient (Wildman–Crippen LogP) is 2.57. The molecule has 0 aromatic heterocycles. The molecule has 2 heterocycles. The van der Waals surface area contributed by atoms with Gasteiger partial charge < -0.3 is 9.80 Å². The summed E-state index contributed by atoms with van der Waals surface area (Å²) in [4.78, 5) is 43.8. The molecule has 1 fully saturated rings. The number of hydrogen-bond acceptors (Lipinski definition) is 4. The molecule has 1 saturated heterocycles. The summed E-state index contributed by atoms with van der Waals surface area (Å²) >= 11 is 0. The summed E-state index contributed by atoms with van der Waals surface area (Å²) in [6.45, 7) is 8.09. The maximum absolute atomic E-state index is 12.9. The van der Waals surface area contributed by atoms with E-state index in [0.29, 0.717) is 35.5 Å². The smallest absolute Gasteiger partial charge is 0.266 e. The Morgan fingerprint density at radius 3 is 2.18 bits per heavy atom. The fourth-order valence-electron chi connectivity index (χ4n) is 3.75. The molecule has 0 unspecified atom stereocenters. The van der Waals surface area contributed by atoms with Gasteiger partial charge in [-0.25, -0.2) is 4.90 Å². The lowest BCUT2D eigenvalue weighted by atomic mass is 10.0. The van der Waals surface area contributed by atoms with Gasteiger partial charge in [0.05, 0.1) is 16.8 Å². The SMILES string of the molecule is CCN1CCN(C(=O)c2ccc3c(c2)C(=O)N(c2ccc(C)cc2)C3=O)CC1. The summed E-state index contributed by atoms with van der Waals surface area (Å²) in [5.41, 5.74) is 2.69. The van der Waals surface area contributed by atoms with Crippen molar-refractivity contribution < 1.29 is 14.4 Å². The molecule has 0 N–H and O–H groups in total. The molecule has 0 aliphatic carbocycles. The van der Waals surface area contributed by atoms with E-state index >= 15 is 0 Å². The normalized spacial score (nSPS) is 17.2. The molecule has 28 heavy (non-hydrogen) atoms. The van der Waals surface area contributed by atoms with E-state index in [1.165, 1.54) is 4.90 Å². The number of benzene rings is 2. The number of carbonyl (C=O) groups is 3. The van der Waals surface area contributed by atoms with Crippen molar-refractivity contribution in [2.24, 2.45) is 0 Å². The second kappa shape index (κ2) is 7.20. The Hall–Kier alpha value is -2.99. The first-order chi connectivity index (χ1) is 13.5. The molecule has 6 nitrogen and oxygen atoms in total. The summed E-state index contributed by atoms with van der Waals surface area (Å²) < 4.78 is 0. The molecule has 3 amide bonds. The largest absolute Gasteiger partial charge is 0.336 e. The van der Waals surface area contributed by atoms with Crippen molar-refractivity contribution in [1.82, 2.24) is 9.80 Å². The molecule has 0 saturated carbocycles. The maximum Gasteiger partial charge on any atom is 0.266 e. The molecule has 2 aromatic rings. The first-order valence-corrected chi connectivity index (χ1v) is 9.60. The molecule has 0 spiro atoms. The van der Waals surface area contributed by atoms with Gasteiger partial charge in [-0.3, -0.25) is 14.4 Å². The topological polar surface area (TPSA) is 60.9 Å². The number of likely N-dealkylation sites (N-methyl/N-ethyl adjacent to an activating group) is 1. The van der Waals surface area contributed by atoms with Crippen LogP contribution in [-0.2, 0) is 0 Å². The Morgan fingerprint density at radius 2 is 1.54 bits per heavy atom. The molecule has 0 bridgehead atoms. The van der Waals surface area contributed by atoms with E-state index in [9.17, 15) is 14.4 Å². The lowest BCUT2D eigenvalue weighted by molar-refractivity contribution is 0.0643. The summed E-state index contributed by atoms with van der Waals surface area (Å²) in [6, 6.07) is 12.1. The molecule has 0 atom stereocenters. The van der Waals surface area contributed by atoms with Crippen molar-refractivity contribution in [2.45, 2.75) is 13.8 Å². The maximum atomic E-state index is 12.9. The Kier molecular flexibility index (Phi) is 4.73. The van der Waals surface area contributed by atoms with Crippen LogP contribution in [0.4, 0.5) is 5.69 Å². The number of imide groups is 1. The summed E-state index contributed by atoms with van der Waals surface area (Å²) in [7, 11) is 0. The summed E-state index contributed by atoms with van der Waals surface area (Å²) in [5, 5.41) is 0. The van der Waals surface area contributed by atoms with Crippen LogP contribution >= 0.6 is 0 Å². The van der Waals surface area contributed by atoms with Crippen LogP contribution in [-0.4, -0.2) is 60.2 Å². The molecule has 2 aromatic carbocycles. The van der Waals surface area contributed by atoms with E-state index in [0.717, 1.165) is 25.2 Å². The molecule has 0 radical (unpaired) electrons.